The molecule has 2 atom stereocenters. The Bertz CT molecular complexity index is 566. The topological polar surface area (TPSA) is 59.1 Å². The lowest BCUT2D eigenvalue weighted by atomic mass is 10.2. The zero-order chi connectivity index (χ0) is 11.9. The second kappa shape index (κ2) is 3.92. The molecule has 0 radical (unpaired) electrons. The second-order valence-corrected chi connectivity index (χ2v) is 6.50. The van der Waals surface area contributed by atoms with Crippen LogP contribution in [0.15, 0.2) is 29.8 Å². The number of nitrogens with one attached hydrogen (secondary N) is 1. The summed E-state index contributed by atoms with van der Waals surface area (Å²) in [6.07, 6.45) is 5.54. The van der Waals surface area contributed by atoms with Crippen LogP contribution in [-0.4, -0.2) is 25.2 Å². The maximum atomic E-state index is 11.3. The lowest BCUT2D eigenvalue weighted by molar-refractivity contribution is 0.493. The summed E-state index contributed by atoms with van der Waals surface area (Å²) in [6, 6.07) is 4.15. The van der Waals surface area contributed by atoms with Gasteiger partial charge < -0.3 is 5.32 Å². The van der Waals surface area contributed by atoms with Crippen LogP contribution in [0.3, 0.4) is 0 Å². The van der Waals surface area contributed by atoms with Gasteiger partial charge in [0.2, 0.25) is 0 Å². The minimum atomic E-state index is -2.98. The fourth-order valence-electron chi connectivity index (χ4n) is 2.51. The number of aryl methyl sites for hydroxylation is 1. The van der Waals surface area contributed by atoms with E-state index in [2.05, 4.69) is 16.4 Å². The quantitative estimate of drug-likeness (QED) is 0.849. The lowest BCUT2D eigenvalue weighted by Gasteiger charge is -2.16. The van der Waals surface area contributed by atoms with E-state index in [0.29, 0.717) is 0 Å². The van der Waals surface area contributed by atoms with Gasteiger partial charge in [-0.3, -0.25) is 4.98 Å². The Hall–Kier alpha value is -1.20. The molecule has 0 fully saturated rings. The number of sulfone groups is 1. The van der Waals surface area contributed by atoms with Crippen molar-refractivity contribution in [1.29, 1.82) is 0 Å². The number of aromatic nitrogens is 1. The minimum Gasteiger partial charge on any atom is -0.301 e. The molecule has 1 aliphatic carbocycles. The summed E-state index contributed by atoms with van der Waals surface area (Å²) in [4.78, 5) is 4.38. The Balaban J connectivity index is 1.75. The lowest BCUT2D eigenvalue weighted by Crippen LogP contribution is -2.33. The van der Waals surface area contributed by atoms with E-state index in [-0.39, 0.29) is 17.8 Å². The Labute approximate surface area is 101 Å². The van der Waals surface area contributed by atoms with Gasteiger partial charge in [-0.05, 0) is 24.5 Å². The number of hydrogen-bond acceptors (Lipinski definition) is 4. The van der Waals surface area contributed by atoms with Crippen LogP contribution in [0.4, 0.5) is 0 Å². The van der Waals surface area contributed by atoms with E-state index in [0.717, 1.165) is 18.5 Å². The first kappa shape index (κ1) is 10.9. The molecule has 1 aromatic rings. The number of pyridine rings is 1. The van der Waals surface area contributed by atoms with Gasteiger partial charge in [-0.1, -0.05) is 12.1 Å². The Morgan fingerprint density at radius 1 is 1.41 bits per heavy atom. The monoisotopic (exact) mass is 250 g/mol. The number of rotatable bonds is 2. The molecule has 1 aromatic heterocycles. The van der Waals surface area contributed by atoms with Crippen molar-refractivity contribution in [3.63, 3.8) is 0 Å². The largest absolute Gasteiger partial charge is 0.301 e. The summed E-state index contributed by atoms with van der Waals surface area (Å²) in [7, 11) is -2.98. The SMILES string of the molecule is O=S1(=O)C=CC(NC2CCc3cccnc32)C1. The van der Waals surface area contributed by atoms with Gasteiger partial charge in [0.1, 0.15) is 0 Å². The first-order chi connectivity index (χ1) is 8.14. The fraction of sp³-hybridized carbons (Fsp3) is 0.417. The predicted octanol–water partition coefficient (Wildman–Crippen LogP) is 0.969. The molecule has 3 rings (SSSR count). The highest BCUT2D eigenvalue weighted by atomic mass is 32.2. The van der Waals surface area contributed by atoms with E-state index in [1.54, 1.807) is 12.3 Å². The van der Waals surface area contributed by atoms with Gasteiger partial charge in [0.05, 0.1) is 17.5 Å². The van der Waals surface area contributed by atoms with Crippen molar-refractivity contribution in [3.8, 4) is 0 Å². The zero-order valence-electron chi connectivity index (χ0n) is 9.33. The summed E-state index contributed by atoms with van der Waals surface area (Å²) in [6.45, 7) is 0. The molecule has 17 heavy (non-hydrogen) atoms. The van der Waals surface area contributed by atoms with E-state index in [4.69, 9.17) is 0 Å². The highest BCUT2D eigenvalue weighted by Gasteiger charge is 2.28. The molecule has 0 spiro atoms. The summed E-state index contributed by atoms with van der Waals surface area (Å²) >= 11 is 0. The van der Waals surface area contributed by atoms with Gasteiger partial charge >= 0.3 is 0 Å². The molecule has 0 amide bonds. The second-order valence-electron chi connectivity index (χ2n) is 4.57. The van der Waals surface area contributed by atoms with Gasteiger partial charge in [0.15, 0.2) is 9.84 Å². The summed E-state index contributed by atoms with van der Waals surface area (Å²) in [5.74, 6) is 0.172. The summed E-state index contributed by atoms with van der Waals surface area (Å²) in [5, 5.41) is 4.67. The maximum absolute atomic E-state index is 11.3. The molecule has 1 aliphatic heterocycles. The molecular formula is C12H14N2O2S. The van der Waals surface area contributed by atoms with Crippen LogP contribution in [0.1, 0.15) is 23.7 Å². The molecule has 0 saturated carbocycles. The molecule has 0 bridgehead atoms. The van der Waals surface area contributed by atoms with Gasteiger partial charge in [-0.2, -0.15) is 0 Å². The van der Waals surface area contributed by atoms with Crippen LogP contribution in [0.25, 0.3) is 0 Å². The van der Waals surface area contributed by atoms with Gasteiger partial charge in [0.25, 0.3) is 0 Å². The van der Waals surface area contributed by atoms with Crippen LogP contribution in [-0.2, 0) is 16.3 Å². The Morgan fingerprint density at radius 2 is 2.29 bits per heavy atom. The molecule has 0 aromatic carbocycles. The predicted molar refractivity (Wildman–Crippen MR) is 65.1 cm³/mol. The van der Waals surface area contributed by atoms with Crippen molar-refractivity contribution in [2.45, 2.75) is 24.9 Å². The number of nitrogens with zero attached hydrogens (tertiary/aromatic N) is 1. The molecule has 2 heterocycles. The van der Waals surface area contributed by atoms with Crippen molar-refractivity contribution < 1.29 is 8.42 Å². The summed E-state index contributed by atoms with van der Waals surface area (Å²) < 4.78 is 22.6. The zero-order valence-corrected chi connectivity index (χ0v) is 10.2. The van der Waals surface area contributed by atoms with E-state index < -0.39 is 9.84 Å². The van der Waals surface area contributed by atoms with Crippen LogP contribution in [0.2, 0.25) is 0 Å². The Kier molecular flexibility index (Phi) is 2.52. The third kappa shape index (κ3) is 2.12. The van der Waals surface area contributed by atoms with E-state index in [1.807, 2.05) is 6.07 Å². The smallest absolute Gasteiger partial charge is 0.173 e. The van der Waals surface area contributed by atoms with Crippen LogP contribution >= 0.6 is 0 Å². The number of hydrogen-bond donors (Lipinski definition) is 1. The molecule has 2 aliphatic rings. The third-order valence-corrected chi connectivity index (χ3v) is 4.70. The van der Waals surface area contributed by atoms with E-state index >= 15 is 0 Å². The van der Waals surface area contributed by atoms with Crippen LogP contribution in [0.5, 0.6) is 0 Å². The average molecular weight is 250 g/mol. The highest BCUT2D eigenvalue weighted by molar-refractivity contribution is 7.94. The average Bonchev–Trinajstić information content (AvgIpc) is 2.84. The third-order valence-electron chi connectivity index (χ3n) is 3.30. The van der Waals surface area contributed by atoms with E-state index in [9.17, 15) is 8.42 Å². The molecule has 5 heteroatoms. The first-order valence-electron chi connectivity index (χ1n) is 5.75. The highest BCUT2D eigenvalue weighted by Crippen LogP contribution is 2.29. The fourth-order valence-corrected chi connectivity index (χ4v) is 3.76. The van der Waals surface area contributed by atoms with Gasteiger partial charge in [-0.25, -0.2) is 8.42 Å². The van der Waals surface area contributed by atoms with E-state index in [1.165, 1.54) is 11.0 Å². The molecule has 90 valence electrons. The van der Waals surface area contributed by atoms with Gasteiger partial charge in [-0.15, -0.1) is 0 Å². The normalized spacial score (nSPS) is 29.4. The minimum absolute atomic E-state index is 0.0713. The number of fused-ring (bicyclic) bond motifs is 1. The van der Waals surface area contributed by atoms with Crippen molar-refractivity contribution in [2.24, 2.45) is 0 Å². The van der Waals surface area contributed by atoms with Crippen LogP contribution in [0, 0.1) is 0 Å². The Morgan fingerprint density at radius 3 is 3.06 bits per heavy atom. The van der Waals surface area contributed by atoms with Crippen molar-refractivity contribution in [2.75, 3.05) is 5.75 Å². The molecule has 4 nitrogen and oxygen atoms in total. The molecule has 0 saturated heterocycles. The van der Waals surface area contributed by atoms with Crippen LogP contribution < -0.4 is 5.32 Å². The first-order valence-corrected chi connectivity index (χ1v) is 7.46. The van der Waals surface area contributed by atoms with Gasteiger partial charge in [0, 0.05) is 17.6 Å². The molecule has 2 unspecified atom stereocenters. The summed E-state index contributed by atoms with van der Waals surface area (Å²) in [5.41, 5.74) is 2.35. The molecule has 1 N–H and O–H groups in total. The maximum Gasteiger partial charge on any atom is 0.173 e. The van der Waals surface area contributed by atoms with Crippen molar-refractivity contribution in [1.82, 2.24) is 10.3 Å². The molecular weight excluding hydrogens is 236 g/mol. The van der Waals surface area contributed by atoms with Crippen molar-refractivity contribution in [3.05, 3.63) is 41.1 Å². The van der Waals surface area contributed by atoms with Crippen molar-refractivity contribution >= 4 is 9.84 Å². The standard InChI is InChI=1S/C12H14N2O2S/c15-17(16)7-5-10(8-17)14-11-4-3-9-2-1-6-13-12(9)11/h1-2,5-7,10-11,14H,3-4,8H2.